The molecule has 0 unspecified atom stereocenters. The van der Waals surface area contributed by atoms with Crippen LogP contribution in [0.4, 0.5) is 5.82 Å². The highest BCUT2D eigenvalue weighted by Gasteiger charge is 2.18. The zero-order valence-electron chi connectivity index (χ0n) is 7.73. The standard InChI is InChI=1S/C10H11N3S/c1-2-7(3-1)13-10-9-8(4-5-14-9)11-6-12-10/h4-7H,1-3H2,(H,11,12,13). The molecule has 14 heavy (non-hydrogen) atoms. The molecule has 1 aliphatic carbocycles. The van der Waals surface area contributed by atoms with Gasteiger partial charge in [-0.05, 0) is 30.7 Å². The van der Waals surface area contributed by atoms with Crippen molar-refractivity contribution in [1.82, 2.24) is 9.97 Å². The van der Waals surface area contributed by atoms with Crippen LogP contribution in [0.5, 0.6) is 0 Å². The summed E-state index contributed by atoms with van der Waals surface area (Å²) < 4.78 is 1.18. The highest BCUT2D eigenvalue weighted by molar-refractivity contribution is 7.17. The molecule has 0 amide bonds. The van der Waals surface area contributed by atoms with Crippen LogP contribution >= 0.6 is 11.3 Å². The van der Waals surface area contributed by atoms with Crippen LogP contribution in [-0.2, 0) is 0 Å². The predicted octanol–water partition coefficient (Wildman–Crippen LogP) is 2.66. The smallest absolute Gasteiger partial charge is 0.147 e. The number of fused-ring (bicyclic) bond motifs is 1. The van der Waals surface area contributed by atoms with Crippen molar-refractivity contribution < 1.29 is 0 Å². The maximum Gasteiger partial charge on any atom is 0.147 e. The Bertz CT molecular complexity index is 447. The number of thiophene rings is 1. The molecule has 2 aromatic rings. The number of hydrogen-bond donors (Lipinski definition) is 1. The lowest BCUT2D eigenvalue weighted by Gasteiger charge is -2.26. The van der Waals surface area contributed by atoms with Gasteiger partial charge in [0, 0.05) is 6.04 Å². The molecule has 0 saturated heterocycles. The van der Waals surface area contributed by atoms with Gasteiger partial charge in [-0.15, -0.1) is 11.3 Å². The molecule has 0 aromatic carbocycles. The normalized spacial score (nSPS) is 16.9. The van der Waals surface area contributed by atoms with Gasteiger partial charge in [0.25, 0.3) is 0 Å². The van der Waals surface area contributed by atoms with Crippen molar-refractivity contribution in [2.75, 3.05) is 5.32 Å². The topological polar surface area (TPSA) is 37.8 Å². The molecule has 1 fully saturated rings. The minimum Gasteiger partial charge on any atom is -0.366 e. The van der Waals surface area contributed by atoms with Crippen LogP contribution in [0.3, 0.4) is 0 Å². The van der Waals surface area contributed by atoms with Crippen molar-refractivity contribution in [1.29, 1.82) is 0 Å². The fourth-order valence-corrected chi connectivity index (χ4v) is 2.44. The maximum absolute atomic E-state index is 4.29. The van der Waals surface area contributed by atoms with E-state index >= 15 is 0 Å². The largest absolute Gasteiger partial charge is 0.366 e. The first-order chi connectivity index (χ1) is 6.93. The van der Waals surface area contributed by atoms with E-state index in [-0.39, 0.29) is 0 Å². The maximum atomic E-state index is 4.29. The predicted molar refractivity (Wildman–Crippen MR) is 58.7 cm³/mol. The molecule has 3 nitrogen and oxygen atoms in total. The molecular weight excluding hydrogens is 194 g/mol. The van der Waals surface area contributed by atoms with Crippen molar-refractivity contribution in [3.8, 4) is 0 Å². The Balaban J connectivity index is 1.97. The summed E-state index contributed by atoms with van der Waals surface area (Å²) in [5.74, 6) is 1.01. The molecule has 0 atom stereocenters. The molecule has 3 rings (SSSR count). The minimum atomic E-state index is 0.634. The third-order valence-corrected chi connectivity index (χ3v) is 3.60. The molecule has 1 aliphatic rings. The van der Waals surface area contributed by atoms with Crippen LogP contribution < -0.4 is 5.32 Å². The summed E-state index contributed by atoms with van der Waals surface area (Å²) in [6.07, 6.45) is 5.53. The molecule has 0 bridgehead atoms. The van der Waals surface area contributed by atoms with E-state index in [1.807, 2.05) is 6.07 Å². The van der Waals surface area contributed by atoms with Crippen LogP contribution in [-0.4, -0.2) is 16.0 Å². The van der Waals surface area contributed by atoms with E-state index in [9.17, 15) is 0 Å². The number of rotatable bonds is 2. The molecule has 0 spiro atoms. The summed E-state index contributed by atoms with van der Waals surface area (Å²) in [4.78, 5) is 8.50. The lowest BCUT2D eigenvalue weighted by atomic mass is 9.93. The van der Waals surface area contributed by atoms with Crippen molar-refractivity contribution in [3.63, 3.8) is 0 Å². The molecule has 72 valence electrons. The van der Waals surface area contributed by atoms with Crippen molar-refractivity contribution in [3.05, 3.63) is 17.8 Å². The monoisotopic (exact) mass is 205 g/mol. The summed E-state index contributed by atoms with van der Waals surface area (Å²) in [7, 11) is 0. The Morgan fingerprint density at radius 3 is 3.07 bits per heavy atom. The second kappa shape index (κ2) is 3.20. The first kappa shape index (κ1) is 8.17. The van der Waals surface area contributed by atoms with Crippen molar-refractivity contribution >= 4 is 27.4 Å². The SMILES string of the molecule is c1nc(NC2CCC2)c2sccc2n1. The van der Waals surface area contributed by atoms with Gasteiger partial charge in [0.2, 0.25) is 0 Å². The summed E-state index contributed by atoms with van der Waals surface area (Å²) in [5, 5.41) is 5.53. The molecule has 0 aliphatic heterocycles. The average molecular weight is 205 g/mol. The van der Waals surface area contributed by atoms with E-state index in [0.29, 0.717) is 6.04 Å². The average Bonchev–Trinajstić information content (AvgIpc) is 2.59. The number of nitrogens with zero attached hydrogens (tertiary/aromatic N) is 2. The van der Waals surface area contributed by atoms with Crippen LogP contribution in [0.15, 0.2) is 17.8 Å². The zero-order valence-corrected chi connectivity index (χ0v) is 8.55. The summed E-state index contributed by atoms with van der Waals surface area (Å²) >= 11 is 1.70. The Hall–Kier alpha value is -1.16. The van der Waals surface area contributed by atoms with Gasteiger partial charge in [0.1, 0.15) is 12.1 Å². The third kappa shape index (κ3) is 1.26. The first-order valence-electron chi connectivity index (χ1n) is 4.88. The van der Waals surface area contributed by atoms with Gasteiger partial charge >= 0.3 is 0 Å². The van der Waals surface area contributed by atoms with Gasteiger partial charge in [-0.3, -0.25) is 0 Å². The van der Waals surface area contributed by atoms with Gasteiger partial charge in [-0.1, -0.05) is 0 Å². The molecule has 4 heteroatoms. The highest BCUT2D eigenvalue weighted by atomic mass is 32.1. The summed E-state index contributed by atoms with van der Waals surface area (Å²) in [5.41, 5.74) is 1.05. The Labute approximate surface area is 86.2 Å². The van der Waals surface area contributed by atoms with Crippen LogP contribution in [0, 0.1) is 0 Å². The lowest BCUT2D eigenvalue weighted by molar-refractivity contribution is 0.445. The van der Waals surface area contributed by atoms with Crippen LogP contribution in [0.25, 0.3) is 10.2 Å². The summed E-state index contributed by atoms with van der Waals surface area (Å²) in [6.45, 7) is 0. The van der Waals surface area contributed by atoms with Gasteiger partial charge in [0.15, 0.2) is 0 Å². The van der Waals surface area contributed by atoms with E-state index < -0.39 is 0 Å². The Kier molecular flexibility index (Phi) is 1.87. The minimum absolute atomic E-state index is 0.634. The second-order valence-electron chi connectivity index (χ2n) is 3.63. The quantitative estimate of drug-likeness (QED) is 0.819. The Morgan fingerprint density at radius 1 is 1.36 bits per heavy atom. The Morgan fingerprint density at radius 2 is 2.29 bits per heavy atom. The molecule has 1 N–H and O–H groups in total. The lowest BCUT2D eigenvalue weighted by Crippen LogP contribution is -2.27. The summed E-state index contributed by atoms with van der Waals surface area (Å²) in [6, 6.07) is 2.67. The second-order valence-corrected chi connectivity index (χ2v) is 4.55. The van der Waals surface area contributed by atoms with E-state index in [1.165, 1.54) is 24.0 Å². The number of anilines is 1. The molecule has 2 aromatic heterocycles. The van der Waals surface area contributed by atoms with Gasteiger partial charge in [-0.25, -0.2) is 9.97 Å². The van der Waals surface area contributed by atoms with E-state index in [4.69, 9.17) is 0 Å². The third-order valence-electron chi connectivity index (χ3n) is 2.69. The highest BCUT2D eigenvalue weighted by Crippen LogP contribution is 2.28. The van der Waals surface area contributed by atoms with E-state index in [0.717, 1.165) is 11.3 Å². The van der Waals surface area contributed by atoms with E-state index in [2.05, 4.69) is 20.7 Å². The van der Waals surface area contributed by atoms with Gasteiger partial charge in [-0.2, -0.15) is 0 Å². The van der Waals surface area contributed by atoms with Gasteiger partial charge in [0.05, 0.1) is 10.2 Å². The van der Waals surface area contributed by atoms with Crippen LogP contribution in [0.2, 0.25) is 0 Å². The van der Waals surface area contributed by atoms with Crippen LogP contribution in [0.1, 0.15) is 19.3 Å². The van der Waals surface area contributed by atoms with E-state index in [1.54, 1.807) is 17.7 Å². The number of hydrogen-bond acceptors (Lipinski definition) is 4. The molecule has 2 heterocycles. The first-order valence-corrected chi connectivity index (χ1v) is 5.76. The zero-order chi connectivity index (χ0) is 9.38. The van der Waals surface area contributed by atoms with Crippen molar-refractivity contribution in [2.45, 2.75) is 25.3 Å². The number of aromatic nitrogens is 2. The fourth-order valence-electron chi connectivity index (χ4n) is 1.64. The molecular formula is C10H11N3S. The molecule has 1 saturated carbocycles. The molecule has 0 radical (unpaired) electrons. The van der Waals surface area contributed by atoms with Crippen molar-refractivity contribution in [2.24, 2.45) is 0 Å². The fraction of sp³-hybridized carbons (Fsp3) is 0.400. The number of nitrogens with one attached hydrogen (secondary N) is 1. The van der Waals surface area contributed by atoms with Gasteiger partial charge < -0.3 is 5.32 Å².